The van der Waals surface area contributed by atoms with Crippen molar-refractivity contribution in [3.05, 3.63) is 77.9 Å². The average Bonchev–Trinajstić information content (AvgIpc) is 2.75. The number of nitrogens with zero attached hydrogens (tertiary/aromatic N) is 2. The highest BCUT2D eigenvalue weighted by Gasteiger charge is 2.31. The highest BCUT2D eigenvalue weighted by atomic mass is 32.2. The zero-order valence-electron chi connectivity index (χ0n) is 16.4. The fraction of sp³-hybridized carbons (Fsp3) is 0.261. The summed E-state index contributed by atoms with van der Waals surface area (Å²) in [6, 6.07) is 20.8. The van der Waals surface area contributed by atoms with E-state index in [0.717, 1.165) is 21.9 Å². The second-order valence-corrected chi connectivity index (χ2v) is 9.33. The van der Waals surface area contributed by atoms with E-state index in [1.165, 1.54) is 4.31 Å². The second kappa shape index (κ2) is 7.97. The molecule has 150 valence electrons. The van der Waals surface area contributed by atoms with E-state index in [1.807, 2.05) is 61.5 Å². The predicted octanol–water partition coefficient (Wildman–Crippen LogP) is 3.22. The van der Waals surface area contributed by atoms with E-state index in [4.69, 9.17) is 0 Å². The first-order valence-electron chi connectivity index (χ1n) is 9.76. The van der Waals surface area contributed by atoms with Crippen molar-refractivity contribution >= 4 is 26.7 Å². The van der Waals surface area contributed by atoms with Crippen molar-refractivity contribution < 1.29 is 13.2 Å². The van der Waals surface area contributed by atoms with Crippen LogP contribution in [0.2, 0.25) is 0 Å². The zero-order valence-corrected chi connectivity index (χ0v) is 17.2. The number of sulfonamides is 1. The van der Waals surface area contributed by atoms with Crippen LogP contribution in [0.15, 0.2) is 71.6 Å². The van der Waals surface area contributed by atoms with Gasteiger partial charge in [0.2, 0.25) is 15.9 Å². The van der Waals surface area contributed by atoms with Gasteiger partial charge in [-0.05, 0) is 23.9 Å². The highest BCUT2D eigenvalue weighted by molar-refractivity contribution is 7.89. The molecule has 0 aliphatic carbocycles. The number of aryl methyl sites for hydroxylation is 1. The largest absolute Gasteiger partial charge is 0.340 e. The lowest BCUT2D eigenvalue weighted by atomic mass is 10.1. The van der Waals surface area contributed by atoms with Crippen LogP contribution < -0.4 is 0 Å². The molecule has 5 nitrogen and oxygen atoms in total. The van der Waals surface area contributed by atoms with Crippen molar-refractivity contribution in [2.24, 2.45) is 0 Å². The van der Waals surface area contributed by atoms with Crippen molar-refractivity contribution in [1.82, 2.24) is 9.21 Å². The Balaban J connectivity index is 1.46. The molecule has 0 spiro atoms. The summed E-state index contributed by atoms with van der Waals surface area (Å²) in [5.41, 5.74) is 2.14. The maximum Gasteiger partial charge on any atom is 0.243 e. The number of fused-ring (bicyclic) bond motifs is 1. The van der Waals surface area contributed by atoms with E-state index in [2.05, 4.69) is 0 Å². The minimum Gasteiger partial charge on any atom is -0.340 e. The molecule has 3 aromatic carbocycles. The molecule has 1 saturated heterocycles. The minimum atomic E-state index is -3.61. The number of benzene rings is 3. The zero-order chi connectivity index (χ0) is 20.4. The fourth-order valence-electron chi connectivity index (χ4n) is 3.73. The van der Waals surface area contributed by atoms with Crippen LogP contribution in [0, 0.1) is 6.92 Å². The maximum atomic E-state index is 13.2. The molecule has 0 atom stereocenters. The van der Waals surface area contributed by atoms with E-state index >= 15 is 0 Å². The van der Waals surface area contributed by atoms with Gasteiger partial charge < -0.3 is 4.90 Å². The van der Waals surface area contributed by atoms with E-state index in [1.54, 1.807) is 17.0 Å². The summed E-state index contributed by atoms with van der Waals surface area (Å²) in [5.74, 6) is 0.0380. The van der Waals surface area contributed by atoms with Crippen LogP contribution in [0.4, 0.5) is 0 Å². The first-order valence-corrected chi connectivity index (χ1v) is 11.2. The van der Waals surface area contributed by atoms with Gasteiger partial charge in [-0.25, -0.2) is 8.42 Å². The molecule has 0 saturated carbocycles. The Morgan fingerprint density at radius 3 is 2.24 bits per heavy atom. The topological polar surface area (TPSA) is 57.7 Å². The Kier molecular flexibility index (Phi) is 5.39. The van der Waals surface area contributed by atoms with Gasteiger partial charge in [-0.2, -0.15) is 4.31 Å². The van der Waals surface area contributed by atoms with E-state index in [0.29, 0.717) is 37.5 Å². The first-order chi connectivity index (χ1) is 13.9. The van der Waals surface area contributed by atoms with Crippen molar-refractivity contribution in [2.75, 3.05) is 26.2 Å². The average molecular weight is 409 g/mol. The van der Waals surface area contributed by atoms with Gasteiger partial charge in [-0.3, -0.25) is 4.79 Å². The maximum absolute atomic E-state index is 13.2. The molecule has 29 heavy (non-hydrogen) atoms. The number of carbonyl (C=O) groups is 1. The number of piperazine rings is 1. The van der Waals surface area contributed by atoms with Gasteiger partial charge in [-0.15, -0.1) is 0 Å². The van der Waals surface area contributed by atoms with Crippen LogP contribution in [-0.4, -0.2) is 49.7 Å². The molecule has 1 aliphatic rings. The molecule has 0 N–H and O–H groups in total. The van der Waals surface area contributed by atoms with Gasteiger partial charge >= 0.3 is 0 Å². The molecule has 0 unspecified atom stereocenters. The molecular weight excluding hydrogens is 384 g/mol. The van der Waals surface area contributed by atoms with Crippen LogP contribution in [-0.2, 0) is 21.2 Å². The van der Waals surface area contributed by atoms with Gasteiger partial charge in [0.1, 0.15) is 0 Å². The predicted molar refractivity (Wildman–Crippen MR) is 114 cm³/mol. The standard InChI is InChI=1S/C23H24N2O3S/c1-18-9-11-19(12-10-18)17-23(26)24-13-15-25(16-14-24)29(27,28)22-8-4-6-20-5-2-3-7-21(20)22/h2-12H,13-17H2,1H3. The van der Waals surface area contributed by atoms with Crippen molar-refractivity contribution in [3.8, 4) is 0 Å². The summed E-state index contributed by atoms with van der Waals surface area (Å²) in [5, 5.41) is 1.63. The Morgan fingerprint density at radius 2 is 1.52 bits per heavy atom. The highest BCUT2D eigenvalue weighted by Crippen LogP contribution is 2.26. The normalized spacial score (nSPS) is 15.6. The molecule has 1 fully saturated rings. The summed E-state index contributed by atoms with van der Waals surface area (Å²) in [6.45, 7) is 3.46. The molecule has 1 heterocycles. The lowest BCUT2D eigenvalue weighted by Crippen LogP contribution is -2.50. The Bertz CT molecular complexity index is 1130. The van der Waals surface area contributed by atoms with Gasteiger partial charge in [0.25, 0.3) is 0 Å². The molecular formula is C23H24N2O3S. The van der Waals surface area contributed by atoms with Crippen LogP contribution in [0.3, 0.4) is 0 Å². The number of carbonyl (C=O) groups excluding carboxylic acids is 1. The van der Waals surface area contributed by atoms with Crippen LogP contribution in [0.25, 0.3) is 10.8 Å². The fourth-order valence-corrected chi connectivity index (χ4v) is 5.37. The van der Waals surface area contributed by atoms with Crippen LogP contribution in [0.5, 0.6) is 0 Å². The van der Waals surface area contributed by atoms with Crippen molar-refractivity contribution in [2.45, 2.75) is 18.2 Å². The van der Waals surface area contributed by atoms with Gasteiger partial charge in [0.15, 0.2) is 0 Å². The lowest BCUT2D eigenvalue weighted by Gasteiger charge is -2.34. The molecule has 1 amide bonds. The smallest absolute Gasteiger partial charge is 0.243 e. The van der Waals surface area contributed by atoms with Crippen LogP contribution in [0.1, 0.15) is 11.1 Å². The lowest BCUT2D eigenvalue weighted by molar-refractivity contribution is -0.131. The van der Waals surface area contributed by atoms with Crippen molar-refractivity contribution in [1.29, 1.82) is 0 Å². The molecule has 0 aromatic heterocycles. The van der Waals surface area contributed by atoms with Crippen molar-refractivity contribution in [3.63, 3.8) is 0 Å². The third kappa shape index (κ3) is 4.04. The summed E-state index contributed by atoms with van der Waals surface area (Å²) in [4.78, 5) is 14.7. The van der Waals surface area contributed by atoms with E-state index in [-0.39, 0.29) is 5.91 Å². The number of amides is 1. The first kappa shape index (κ1) is 19.6. The van der Waals surface area contributed by atoms with Gasteiger partial charge in [0, 0.05) is 31.6 Å². The van der Waals surface area contributed by atoms with E-state index in [9.17, 15) is 13.2 Å². The summed E-state index contributed by atoms with van der Waals surface area (Å²) >= 11 is 0. The molecule has 4 rings (SSSR count). The summed E-state index contributed by atoms with van der Waals surface area (Å²) in [6.07, 6.45) is 0.344. The summed E-state index contributed by atoms with van der Waals surface area (Å²) < 4.78 is 27.9. The molecule has 3 aromatic rings. The van der Waals surface area contributed by atoms with Crippen LogP contribution >= 0.6 is 0 Å². The quantitative estimate of drug-likeness (QED) is 0.666. The van der Waals surface area contributed by atoms with Gasteiger partial charge in [-0.1, -0.05) is 66.2 Å². The Morgan fingerprint density at radius 1 is 0.862 bits per heavy atom. The molecule has 0 bridgehead atoms. The molecule has 0 radical (unpaired) electrons. The second-order valence-electron chi connectivity index (χ2n) is 7.42. The third-order valence-electron chi connectivity index (χ3n) is 5.43. The third-order valence-corrected chi connectivity index (χ3v) is 7.39. The Labute approximate surface area is 171 Å². The Hall–Kier alpha value is -2.70. The number of hydrogen-bond donors (Lipinski definition) is 0. The molecule has 1 aliphatic heterocycles. The summed E-state index contributed by atoms with van der Waals surface area (Å²) in [7, 11) is -3.61. The number of rotatable bonds is 4. The van der Waals surface area contributed by atoms with Gasteiger partial charge in [0.05, 0.1) is 11.3 Å². The number of hydrogen-bond acceptors (Lipinski definition) is 3. The minimum absolute atomic E-state index is 0.0380. The molecule has 6 heteroatoms. The monoisotopic (exact) mass is 408 g/mol. The van der Waals surface area contributed by atoms with E-state index < -0.39 is 10.0 Å². The SMILES string of the molecule is Cc1ccc(CC(=O)N2CCN(S(=O)(=O)c3cccc4ccccc34)CC2)cc1.